The largest absolute Gasteiger partial charge is 0.376 e. The summed E-state index contributed by atoms with van der Waals surface area (Å²) in [4.78, 5) is 0. The Bertz CT molecular complexity index is 829. The maximum Gasteiger partial charge on any atom is 0.141 e. The predicted octanol–water partition coefficient (Wildman–Crippen LogP) is 4.52. The fraction of sp³-hybridized carbons (Fsp3) is 0.0909. The van der Waals surface area contributed by atoms with Gasteiger partial charge in [-0.15, -0.1) is 0 Å². The number of fused-ring (bicyclic) bond motifs is 2. The first-order valence-corrected chi connectivity index (χ1v) is 7.85. The smallest absolute Gasteiger partial charge is 0.141 e. The van der Waals surface area contributed by atoms with Crippen LogP contribution in [0.1, 0.15) is 33.4 Å². The second-order valence-electron chi connectivity index (χ2n) is 6.03. The van der Waals surface area contributed by atoms with Crippen LogP contribution in [-0.4, -0.2) is 5.11 Å². The standard InChI is InChI=1S/C22H18O/c1-2-16-11-13-19(14-12-16)22(23)20-9-5-3-7-17(20)15-18-8-4-6-10-21(18)22/h2-14,23H,1,15H2. The van der Waals surface area contributed by atoms with Crippen molar-refractivity contribution >= 4 is 6.08 Å². The quantitative estimate of drug-likeness (QED) is 0.737. The fourth-order valence-electron chi connectivity index (χ4n) is 3.58. The molecule has 1 aliphatic rings. The van der Waals surface area contributed by atoms with Gasteiger partial charge in [0.1, 0.15) is 5.60 Å². The molecule has 0 aromatic heterocycles. The van der Waals surface area contributed by atoms with E-state index < -0.39 is 5.60 Å². The molecule has 0 saturated heterocycles. The molecule has 4 rings (SSSR count). The highest BCUT2D eigenvalue weighted by Crippen LogP contribution is 2.44. The van der Waals surface area contributed by atoms with Gasteiger partial charge in [0.25, 0.3) is 0 Å². The summed E-state index contributed by atoms with van der Waals surface area (Å²) in [6, 6.07) is 24.3. The first-order chi connectivity index (χ1) is 11.2. The Kier molecular flexibility index (Phi) is 3.17. The van der Waals surface area contributed by atoms with E-state index in [2.05, 4.69) is 18.7 Å². The summed E-state index contributed by atoms with van der Waals surface area (Å²) in [7, 11) is 0. The third kappa shape index (κ3) is 2.05. The molecule has 23 heavy (non-hydrogen) atoms. The molecule has 0 fully saturated rings. The molecule has 1 nitrogen and oxygen atoms in total. The van der Waals surface area contributed by atoms with Crippen LogP contribution >= 0.6 is 0 Å². The molecular weight excluding hydrogens is 280 g/mol. The fourth-order valence-corrected chi connectivity index (χ4v) is 3.58. The Morgan fingerprint density at radius 1 is 0.783 bits per heavy atom. The molecule has 112 valence electrons. The second-order valence-corrected chi connectivity index (χ2v) is 6.03. The van der Waals surface area contributed by atoms with Crippen LogP contribution in [0.2, 0.25) is 0 Å². The van der Waals surface area contributed by atoms with E-state index in [1.807, 2.05) is 66.7 Å². The van der Waals surface area contributed by atoms with Crippen LogP contribution in [0, 0.1) is 0 Å². The highest BCUT2D eigenvalue weighted by Gasteiger charge is 2.39. The van der Waals surface area contributed by atoms with Gasteiger partial charge in [0.15, 0.2) is 0 Å². The molecule has 1 heteroatoms. The summed E-state index contributed by atoms with van der Waals surface area (Å²) in [5.41, 5.74) is 5.15. The average Bonchev–Trinajstić information content (AvgIpc) is 2.62. The van der Waals surface area contributed by atoms with Gasteiger partial charge < -0.3 is 5.11 Å². The maximum absolute atomic E-state index is 11.8. The zero-order chi connectivity index (χ0) is 15.9. The molecule has 3 aromatic rings. The minimum absolute atomic E-state index is 0.861. The highest BCUT2D eigenvalue weighted by molar-refractivity contribution is 5.58. The summed E-state index contributed by atoms with van der Waals surface area (Å²) in [5.74, 6) is 0. The summed E-state index contributed by atoms with van der Waals surface area (Å²) < 4.78 is 0. The molecule has 0 atom stereocenters. The molecule has 0 bridgehead atoms. The number of aliphatic hydroxyl groups is 1. The molecule has 0 aliphatic heterocycles. The lowest BCUT2D eigenvalue weighted by atomic mass is 9.71. The summed E-state index contributed by atoms with van der Waals surface area (Å²) in [6.45, 7) is 3.80. The van der Waals surface area contributed by atoms with Gasteiger partial charge >= 0.3 is 0 Å². The van der Waals surface area contributed by atoms with E-state index >= 15 is 0 Å². The molecule has 0 amide bonds. The van der Waals surface area contributed by atoms with Gasteiger partial charge in [-0.1, -0.05) is 85.5 Å². The van der Waals surface area contributed by atoms with Gasteiger partial charge in [0, 0.05) is 0 Å². The Balaban J connectivity index is 2.00. The molecule has 1 N–H and O–H groups in total. The van der Waals surface area contributed by atoms with Crippen LogP contribution in [0.25, 0.3) is 6.08 Å². The number of rotatable bonds is 2. The van der Waals surface area contributed by atoms with Gasteiger partial charge in [-0.3, -0.25) is 0 Å². The van der Waals surface area contributed by atoms with E-state index in [0.717, 1.165) is 28.7 Å². The van der Waals surface area contributed by atoms with Gasteiger partial charge in [-0.05, 0) is 39.8 Å². The van der Waals surface area contributed by atoms with Crippen molar-refractivity contribution in [3.05, 3.63) is 113 Å². The van der Waals surface area contributed by atoms with E-state index in [1.165, 1.54) is 11.1 Å². The van der Waals surface area contributed by atoms with E-state index in [1.54, 1.807) is 0 Å². The minimum Gasteiger partial charge on any atom is -0.376 e. The Morgan fingerprint density at radius 3 is 1.83 bits per heavy atom. The van der Waals surface area contributed by atoms with Crippen LogP contribution in [-0.2, 0) is 12.0 Å². The lowest BCUT2D eigenvalue weighted by Gasteiger charge is -2.37. The first-order valence-electron chi connectivity index (χ1n) is 7.85. The van der Waals surface area contributed by atoms with Gasteiger partial charge in [-0.2, -0.15) is 0 Å². The van der Waals surface area contributed by atoms with Gasteiger partial charge in [0.2, 0.25) is 0 Å². The number of benzene rings is 3. The van der Waals surface area contributed by atoms with Gasteiger partial charge in [-0.25, -0.2) is 0 Å². The SMILES string of the molecule is C=Cc1ccc(C2(O)c3ccccc3Cc3ccccc32)cc1. The predicted molar refractivity (Wildman–Crippen MR) is 94.3 cm³/mol. The van der Waals surface area contributed by atoms with Crippen LogP contribution < -0.4 is 0 Å². The third-order valence-electron chi connectivity index (χ3n) is 4.76. The van der Waals surface area contributed by atoms with E-state index in [-0.39, 0.29) is 0 Å². The monoisotopic (exact) mass is 298 g/mol. The minimum atomic E-state index is -1.11. The Morgan fingerprint density at radius 2 is 1.30 bits per heavy atom. The molecule has 1 aliphatic carbocycles. The zero-order valence-electron chi connectivity index (χ0n) is 12.9. The number of hydrogen-bond acceptors (Lipinski definition) is 1. The third-order valence-corrected chi connectivity index (χ3v) is 4.76. The van der Waals surface area contributed by atoms with Crippen LogP contribution in [0.3, 0.4) is 0 Å². The van der Waals surface area contributed by atoms with Crippen molar-refractivity contribution in [3.63, 3.8) is 0 Å². The lowest BCUT2D eigenvalue weighted by molar-refractivity contribution is 0.121. The second kappa shape index (κ2) is 5.22. The normalized spacial score (nSPS) is 14.7. The van der Waals surface area contributed by atoms with Crippen molar-refractivity contribution < 1.29 is 5.11 Å². The van der Waals surface area contributed by atoms with E-state index in [9.17, 15) is 5.11 Å². The topological polar surface area (TPSA) is 20.2 Å². The van der Waals surface area contributed by atoms with Crippen molar-refractivity contribution in [2.24, 2.45) is 0 Å². The molecule has 0 radical (unpaired) electrons. The summed E-state index contributed by atoms with van der Waals surface area (Å²) in [6.07, 6.45) is 2.68. The molecule has 0 spiro atoms. The zero-order valence-corrected chi connectivity index (χ0v) is 12.9. The van der Waals surface area contributed by atoms with Crippen LogP contribution in [0.5, 0.6) is 0 Å². The van der Waals surface area contributed by atoms with E-state index in [4.69, 9.17) is 0 Å². The molecule has 0 saturated carbocycles. The molecular formula is C22H18O. The number of hydrogen-bond donors (Lipinski definition) is 1. The first kappa shape index (κ1) is 14.0. The highest BCUT2D eigenvalue weighted by atomic mass is 16.3. The van der Waals surface area contributed by atoms with Crippen molar-refractivity contribution in [3.8, 4) is 0 Å². The van der Waals surface area contributed by atoms with Crippen molar-refractivity contribution in [1.82, 2.24) is 0 Å². The van der Waals surface area contributed by atoms with Crippen LogP contribution in [0.4, 0.5) is 0 Å². The van der Waals surface area contributed by atoms with Crippen molar-refractivity contribution in [2.45, 2.75) is 12.0 Å². The van der Waals surface area contributed by atoms with Gasteiger partial charge in [0.05, 0.1) is 0 Å². The Labute approximate surface area is 136 Å². The Hall–Kier alpha value is -2.64. The van der Waals surface area contributed by atoms with Crippen molar-refractivity contribution in [2.75, 3.05) is 0 Å². The van der Waals surface area contributed by atoms with Crippen molar-refractivity contribution in [1.29, 1.82) is 0 Å². The van der Waals surface area contributed by atoms with Crippen LogP contribution in [0.15, 0.2) is 79.4 Å². The lowest BCUT2D eigenvalue weighted by Crippen LogP contribution is -2.34. The molecule has 0 unspecified atom stereocenters. The molecule has 3 aromatic carbocycles. The maximum atomic E-state index is 11.8. The average molecular weight is 298 g/mol. The van der Waals surface area contributed by atoms with E-state index in [0.29, 0.717) is 0 Å². The summed E-state index contributed by atoms with van der Waals surface area (Å²) in [5, 5.41) is 11.8. The summed E-state index contributed by atoms with van der Waals surface area (Å²) >= 11 is 0. The molecule has 0 heterocycles.